The van der Waals surface area contributed by atoms with Gasteiger partial charge in [0.1, 0.15) is 5.82 Å². The number of carbonyl (C=O) groups excluding carboxylic acids is 2. The Morgan fingerprint density at radius 2 is 2.17 bits per heavy atom. The second-order valence-corrected chi connectivity index (χ2v) is 4.36. The molecule has 0 aliphatic carbocycles. The van der Waals surface area contributed by atoms with Crippen LogP contribution in [-0.4, -0.2) is 36.3 Å². The zero-order valence-electron chi connectivity index (χ0n) is 10.2. The summed E-state index contributed by atoms with van der Waals surface area (Å²) in [6.07, 6.45) is 0.311. The fraction of sp³-hybridized carbons (Fsp3) is 0.385. The normalized spacial score (nSPS) is 16.1. The van der Waals surface area contributed by atoms with Crippen molar-refractivity contribution in [3.8, 4) is 0 Å². The van der Waals surface area contributed by atoms with E-state index in [-0.39, 0.29) is 17.6 Å². The van der Waals surface area contributed by atoms with E-state index in [1.807, 2.05) is 0 Å². The highest BCUT2D eigenvalue weighted by molar-refractivity contribution is 5.94. The number of benzene rings is 1. The highest BCUT2D eigenvalue weighted by Crippen LogP contribution is 2.12. The smallest absolute Gasteiger partial charge is 0.253 e. The summed E-state index contributed by atoms with van der Waals surface area (Å²) in [5.74, 6) is -0.519. The average Bonchev–Trinajstić information content (AvgIpc) is 2.57. The molecule has 1 N–H and O–H groups in total. The van der Waals surface area contributed by atoms with Gasteiger partial charge in [-0.1, -0.05) is 0 Å². The molecule has 2 rings (SSSR count). The maximum absolute atomic E-state index is 13.1. The Kier molecular flexibility index (Phi) is 3.60. The standard InChI is InChI=1S/C13H15FN2O2/c1-9-8-10(2-3-11(9)14)13(18)16-6-4-12(17)15-5-7-16/h2-3,8H,4-7H2,1H3,(H,15,17). The van der Waals surface area contributed by atoms with Crippen LogP contribution in [-0.2, 0) is 4.79 Å². The number of carbonyl (C=O) groups is 2. The van der Waals surface area contributed by atoms with E-state index in [1.54, 1.807) is 11.8 Å². The van der Waals surface area contributed by atoms with Crippen molar-refractivity contribution in [3.63, 3.8) is 0 Å². The lowest BCUT2D eigenvalue weighted by atomic mass is 10.1. The monoisotopic (exact) mass is 250 g/mol. The Bertz CT molecular complexity index is 488. The molecular formula is C13H15FN2O2. The van der Waals surface area contributed by atoms with Crippen LogP contribution in [0.3, 0.4) is 0 Å². The van der Waals surface area contributed by atoms with E-state index in [1.165, 1.54) is 18.2 Å². The van der Waals surface area contributed by atoms with Crippen molar-refractivity contribution in [2.45, 2.75) is 13.3 Å². The predicted molar refractivity (Wildman–Crippen MR) is 64.7 cm³/mol. The van der Waals surface area contributed by atoms with Crippen LogP contribution < -0.4 is 5.32 Å². The highest BCUT2D eigenvalue weighted by Gasteiger charge is 2.20. The maximum atomic E-state index is 13.1. The molecule has 1 saturated heterocycles. The van der Waals surface area contributed by atoms with Crippen molar-refractivity contribution in [3.05, 3.63) is 35.1 Å². The lowest BCUT2D eigenvalue weighted by Crippen LogP contribution is -2.34. The van der Waals surface area contributed by atoms with Crippen molar-refractivity contribution < 1.29 is 14.0 Å². The van der Waals surface area contributed by atoms with E-state index >= 15 is 0 Å². The summed E-state index contributed by atoms with van der Waals surface area (Å²) < 4.78 is 13.1. The Labute approximate surface area is 105 Å². The van der Waals surface area contributed by atoms with Gasteiger partial charge in [-0.2, -0.15) is 0 Å². The molecular weight excluding hydrogens is 235 g/mol. The van der Waals surface area contributed by atoms with Gasteiger partial charge >= 0.3 is 0 Å². The fourth-order valence-electron chi connectivity index (χ4n) is 1.93. The summed E-state index contributed by atoms with van der Waals surface area (Å²) in [6, 6.07) is 4.31. The topological polar surface area (TPSA) is 49.4 Å². The third-order valence-corrected chi connectivity index (χ3v) is 3.00. The third-order valence-electron chi connectivity index (χ3n) is 3.00. The van der Waals surface area contributed by atoms with Gasteiger partial charge < -0.3 is 10.2 Å². The Morgan fingerprint density at radius 3 is 2.89 bits per heavy atom. The molecule has 0 radical (unpaired) electrons. The summed E-state index contributed by atoms with van der Waals surface area (Å²) in [4.78, 5) is 25.0. The zero-order chi connectivity index (χ0) is 13.1. The van der Waals surface area contributed by atoms with Gasteiger partial charge in [-0.25, -0.2) is 4.39 Å². The molecule has 0 aromatic heterocycles. The van der Waals surface area contributed by atoms with Gasteiger partial charge in [0.05, 0.1) is 0 Å². The summed E-state index contributed by atoms with van der Waals surface area (Å²) in [7, 11) is 0. The van der Waals surface area contributed by atoms with Crippen molar-refractivity contribution in [1.82, 2.24) is 10.2 Å². The van der Waals surface area contributed by atoms with Gasteiger partial charge in [-0.05, 0) is 30.7 Å². The first-order valence-corrected chi connectivity index (χ1v) is 5.90. The van der Waals surface area contributed by atoms with Gasteiger partial charge in [0.25, 0.3) is 5.91 Å². The number of rotatable bonds is 1. The first kappa shape index (κ1) is 12.5. The Hall–Kier alpha value is -1.91. The Balaban J connectivity index is 2.14. The maximum Gasteiger partial charge on any atom is 0.253 e. The minimum atomic E-state index is -0.320. The molecule has 1 heterocycles. The zero-order valence-corrected chi connectivity index (χ0v) is 10.2. The molecule has 0 unspecified atom stereocenters. The van der Waals surface area contributed by atoms with Gasteiger partial charge in [0.2, 0.25) is 5.91 Å². The van der Waals surface area contributed by atoms with Gasteiger partial charge in [0.15, 0.2) is 0 Å². The van der Waals surface area contributed by atoms with E-state index < -0.39 is 0 Å². The molecule has 0 saturated carbocycles. The molecule has 5 heteroatoms. The van der Waals surface area contributed by atoms with Crippen molar-refractivity contribution >= 4 is 11.8 Å². The first-order valence-electron chi connectivity index (χ1n) is 5.90. The van der Waals surface area contributed by atoms with Crippen molar-refractivity contribution in [2.75, 3.05) is 19.6 Å². The van der Waals surface area contributed by atoms with Crippen molar-refractivity contribution in [2.24, 2.45) is 0 Å². The van der Waals surface area contributed by atoms with E-state index in [9.17, 15) is 14.0 Å². The molecule has 18 heavy (non-hydrogen) atoms. The fourth-order valence-corrected chi connectivity index (χ4v) is 1.93. The summed E-state index contributed by atoms with van der Waals surface area (Å²) in [6.45, 7) is 2.98. The van der Waals surface area contributed by atoms with Gasteiger partial charge in [-0.15, -0.1) is 0 Å². The van der Waals surface area contributed by atoms with Crippen LogP contribution in [0.1, 0.15) is 22.3 Å². The second kappa shape index (κ2) is 5.16. The molecule has 2 amide bonds. The molecule has 0 atom stereocenters. The first-order chi connectivity index (χ1) is 8.58. The second-order valence-electron chi connectivity index (χ2n) is 4.36. The minimum Gasteiger partial charge on any atom is -0.354 e. The lowest BCUT2D eigenvalue weighted by molar-refractivity contribution is -0.120. The van der Waals surface area contributed by atoms with Crippen LogP contribution in [0.15, 0.2) is 18.2 Å². The summed E-state index contributed by atoms with van der Waals surface area (Å²) in [5.41, 5.74) is 0.910. The number of amides is 2. The third kappa shape index (κ3) is 2.67. The molecule has 0 bridgehead atoms. The number of nitrogens with zero attached hydrogens (tertiary/aromatic N) is 1. The van der Waals surface area contributed by atoms with Crippen LogP contribution in [0.5, 0.6) is 0 Å². The summed E-state index contributed by atoms with van der Waals surface area (Å²) in [5, 5.41) is 2.71. The molecule has 96 valence electrons. The van der Waals surface area contributed by atoms with E-state index in [0.29, 0.717) is 37.2 Å². The number of hydrogen-bond acceptors (Lipinski definition) is 2. The molecule has 1 aromatic rings. The molecule has 1 aliphatic rings. The van der Waals surface area contributed by atoms with Crippen LogP contribution in [0.25, 0.3) is 0 Å². The largest absolute Gasteiger partial charge is 0.354 e. The number of halogens is 1. The summed E-state index contributed by atoms with van der Waals surface area (Å²) >= 11 is 0. The Morgan fingerprint density at radius 1 is 1.39 bits per heavy atom. The molecule has 1 aliphatic heterocycles. The SMILES string of the molecule is Cc1cc(C(=O)N2CCNC(=O)CC2)ccc1F. The number of nitrogens with one attached hydrogen (secondary N) is 1. The molecule has 1 aromatic carbocycles. The van der Waals surface area contributed by atoms with E-state index in [4.69, 9.17) is 0 Å². The predicted octanol–water partition coefficient (Wildman–Crippen LogP) is 1.10. The van der Waals surface area contributed by atoms with Crippen LogP contribution >= 0.6 is 0 Å². The molecule has 1 fully saturated rings. The minimum absolute atomic E-state index is 0.0411. The van der Waals surface area contributed by atoms with Crippen LogP contribution in [0, 0.1) is 12.7 Å². The van der Waals surface area contributed by atoms with Gasteiger partial charge in [-0.3, -0.25) is 9.59 Å². The highest BCUT2D eigenvalue weighted by atomic mass is 19.1. The average molecular weight is 250 g/mol. The van der Waals surface area contributed by atoms with Crippen LogP contribution in [0.4, 0.5) is 4.39 Å². The number of aryl methyl sites for hydroxylation is 1. The van der Waals surface area contributed by atoms with E-state index in [2.05, 4.69) is 5.32 Å². The quantitative estimate of drug-likeness (QED) is 0.811. The van der Waals surface area contributed by atoms with Gasteiger partial charge in [0, 0.05) is 31.6 Å². The lowest BCUT2D eigenvalue weighted by Gasteiger charge is -2.19. The van der Waals surface area contributed by atoms with Crippen molar-refractivity contribution in [1.29, 1.82) is 0 Å². The van der Waals surface area contributed by atoms with Crippen LogP contribution in [0.2, 0.25) is 0 Å². The number of hydrogen-bond donors (Lipinski definition) is 1. The molecule has 4 nitrogen and oxygen atoms in total. The molecule has 0 spiro atoms. The van der Waals surface area contributed by atoms with E-state index in [0.717, 1.165) is 0 Å².